The quantitative estimate of drug-likeness (QED) is 0.825. The number of amides is 2. The molecule has 1 atom stereocenters. The maximum absolute atomic E-state index is 12.0. The van der Waals surface area contributed by atoms with Gasteiger partial charge < -0.3 is 19.8 Å². The summed E-state index contributed by atoms with van der Waals surface area (Å²) in [4.78, 5) is 18.8. The Labute approximate surface area is 142 Å². The minimum Gasteiger partial charge on any atom is -0.379 e. The Morgan fingerprint density at radius 1 is 1.38 bits per heavy atom. The van der Waals surface area contributed by atoms with Crippen LogP contribution in [0.2, 0.25) is 0 Å². The van der Waals surface area contributed by atoms with E-state index in [0.717, 1.165) is 44.2 Å². The maximum Gasteiger partial charge on any atom is 0.315 e. The van der Waals surface area contributed by atoms with E-state index in [-0.39, 0.29) is 12.1 Å². The number of carbonyl (C=O) groups excluding carboxylic acids is 1. The van der Waals surface area contributed by atoms with Gasteiger partial charge in [0.2, 0.25) is 0 Å². The molecule has 7 nitrogen and oxygen atoms in total. The van der Waals surface area contributed by atoms with Crippen molar-refractivity contribution in [3.8, 4) is 0 Å². The Bertz CT molecular complexity index is 633. The Kier molecular flexibility index (Phi) is 5.66. The van der Waals surface area contributed by atoms with Crippen LogP contribution < -0.4 is 10.6 Å². The number of urea groups is 1. The number of morpholine rings is 1. The summed E-state index contributed by atoms with van der Waals surface area (Å²) in [6.07, 6.45) is 4.68. The van der Waals surface area contributed by atoms with E-state index in [1.54, 1.807) is 0 Å². The van der Waals surface area contributed by atoms with Crippen LogP contribution in [-0.2, 0) is 11.2 Å². The molecular weight excluding hydrogens is 306 g/mol. The number of hydrogen-bond acceptors (Lipinski definition) is 4. The number of ether oxygens (including phenoxy) is 1. The molecule has 0 saturated carbocycles. The molecule has 1 fully saturated rings. The van der Waals surface area contributed by atoms with Crippen LogP contribution >= 0.6 is 0 Å². The van der Waals surface area contributed by atoms with E-state index in [9.17, 15) is 4.79 Å². The lowest BCUT2D eigenvalue weighted by molar-refractivity contribution is 0.0349. The van der Waals surface area contributed by atoms with E-state index in [2.05, 4.69) is 20.5 Å². The van der Waals surface area contributed by atoms with Crippen molar-refractivity contribution in [3.63, 3.8) is 0 Å². The van der Waals surface area contributed by atoms with Crippen LogP contribution in [0.25, 0.3) is 5.65 Å². The molecule has 1 aliphatic heterocycles. The number of nitrogens with one attached hydrogen (secondary N) is 2. The van der Waals surface area contributed by atoms with Gasteiger partial charge in [0.1, 0.15) is 5.65 Å². The fourth-order valence-electron chi connectivity index (χ4n) is 2.90. The average molecular weight is 331 g/mol. The van der Waals surface area contributed by atoms with E-state index in [1.807, 2.05) is 41.9 Å². The summed E-state index contributed by atoms with van der Waals surface area (Å²) in [5.74, 6) is 0. The summed E-state index contributed by atoms with van der Waals surface area (Å²) >= 11 is 0. The lowest BCUT2D eigenvalue weighted by Crippen LogP contribution is -2.48. The maximum atomic E-state index is 12.0. The van der Waals surface area contributed by atoms with Crippen LogP contribution in [0.15, 0.2) is 30.6 Å². The minimum atomic E-state index is -0.125. The molecule has 0 radical (unpaired) electrons. The number of carbonyl (C=O) groups is 1. The molecule has 0 bridgehead atoms. The highest BCUT2D eigenvalue weighted by molar-refractivity contribution is 5.74. The molecule has 0 aliphatic carbocycles. The second-order valence-corrected chi connectivity index (χ2v) is 6.16. The highest BCUT2D eigenvalue weighted by atomic mass is 16.5. The summed E-state index contributed by atoms with van der Waals surface area (Å²) in [5.41, 5.74) is 1.90. The van der Waals surface area contributed by atoms with Gasteiger partial charge in [-0.3, -0.25) is 4.90 Å². The van der Waals surface area contributed by atoms with Crippen LogP contribution in [0.3, 0.4) is 0 Å². The van der Waals surface area contributed by atoms with E-state index in [0.29, 0.717) is 13.0 Å². The molecule has 2 aromatic heterocycles. The second kappa shape index (κ2) is 8.12. The zero-order chi connectivity index (χ0) is 16.8. The first-order valence-electron chi connectivity index (χ1n) is 8.48. The molecular formula is C17H25N5O2. The van der Waals surface area contributed by atoms with Gasteiger partial charge in [-0.2, -0.15) is 0 Å². The number of aromatic nitrogens is 2. The summed E-state index contributed by atoms with van der Waals surface area (Å²) in [5, 5.41) is 5.88. The Balaban J connectivity index is 1.37. The third kappa shape index (κ3) is 4.69. The largest absolute Gasteiger partial charge is 0.379 e. The highest BCUT2D eigenvalue weighted by Gasteiger charge is 2.15. The third-order valence-electron chi connectivity index (χ3n) is 4.09. The van der Waals surface area contributed by atoms with Crippen LogP contribution in [0.1, 0.15) is 12.6 Å². The number of pyridine rings is 1. The number of hydrogen-bond donors (Lipinski definition) is 2. The van der Waals surface area contributed by atoms with Crippen molar-refractivity contribution < 1.29 is 9.53 Å². The Hall–Kier alpha value is -2.12. The SMILES string of the molecule is CC(CN1CCOCC1)NC(=O)NCCc1cn2ccccc2n1. The first-order valence-corrected chi connectivity index (χ1v) is 8.48. The van der Waals surface area contributed by atoms with E-state index in [4.69, 9.17) is 4.74 Å². The van der Waals surface area contributed by atoms with E-state index in [1.165, 1.54) is 0 Å². The predicted octanol–water partition coefficient (Wildman–Crippen LogP) is 0.897. The minimum absolute atomic E-state index is 0.110. The van der Waals surface area contributed by atoms with E-state index >= 15 is 0 Å². The van der Waals surface area contributed by atoms with Crippen molar-refractivity contribution in [2.24, 2.45) is 0 Å². The van der Waals surface area contributed by atoms with Gasteiger partial charge in [0.25, 0.3) is 0 Å². The molecule has 3 rings (SSSR count). The summed E-state index contributed by atoms with van der Waals surface area (Å²) in [6.45, 7) is 6.86. The van der Waals surface area contributed by atoms with Gasteiger partial charge in [-0.1, -0.05) is 6.07 Å². The van der Waals surface area contributed by atoms with Gasteiger partial charge >= 0.3 is 6.03 Å². The molecule has 1 unspecified atom stereocenters. The van der Waals surface area contributed by atoms with Gasteiger partial charge in [-0.25, -0.2) is 9.78 Å². The fraction of sp³-hybridized carbons (Fsp3) is 0.529. The van der Waals surface area contributed by atoms with Crippen LogP contribution in [-0.4, -0.2) is 65.8 Å². The molecule has 130 valence electrons. The fourth-order valence-corrected chi connectivity index (χ4v) is 2.90. The van der Waals surface area contributed by atoms with E-state index < -0.39 is 0 Å². The third-order valence-corrected chi connectivity index (χ3v) is 4.09. The van der Waals surface area contributed by atoms with Crippen molar-refractivity contribution in [2.75, 3.05) is 39.4 Å². The van der Waals surface area contributed by atoms with Gasteiger partial charge in [-0.05, 0) is 19.1 Å². The number of nitrogens with zero attached hydrogens (tertiary/aromatic N) is 3. The lowest BCUT2D eigenvalue weighted by atomic mass is 10.3. The van der Waals surface area contributed by atoms with Crippen molar-refractivity contribution in [1.29, 1.82) is 0 Å². The number of fused-ring (bicyclic) bond motifs is 1. The van der Waals surface area contributed by atoms with Crippen molar-refractivity contribution in [3.05, 3.63) is 36.3 Å². The van der Waals surface area contributed by atoms with Crippen molar-refractivity contribution in [1.82, 2.24) is 24.9 Å². The lowest BCUT2D eigenvalue weighted by Gasteiger charge is -2.29. The molecule has 1 aliphatic rings. The topological polar surface area (TPSA) is 70.9 Å². The Morgan fingerprint density at radius 3 is 3.00 bits per heavy atom. The molecule has 2 aromatic rings. The molecule has 0 spiro atoms. The van der Waals surface area contributed by atoms with Crippen LogP contribution in [0.5, 0.6) is 0 Å². The molecule has 2 N–H and O–H groups in total. The van der Waals surface area contributed by atoms with Crippen LogP contribution in [0, 0.1) is 0 Å². The second-order valence-electron chi connectivity index (χ2n) is 6.16. The van der Waals surface area contributed by atoms with Gasteiger partial charge in [0.15, 0.2) is 0 Å². The number of imidazole rings is 1. The Morgan fingerprint density at radius 2 is 2.21 bits per heavy atom. The van der Waals surface area contributed by atoms with Crippen molar-refractivity contribution in [2.45, 2.75) is 19.4 Å². The predicted molar refractivity (Wildman–Crippen MR) is 92.2 cm³/mol. The molecule has 2 amide bonds. The van der Waals surface area contributed by atoms with Gasteiger partial charge in [0, 0.05) is 51.0 Å². The summed E-state index contributed by atoms with van der Waals surface area (Å²) in [6, 6.07) is 5.89. The van der Waals surface area contributed by atoms with Gasteiger partial charge in [-0.15, -0.1) is 0 Å². The standard InChI is InChI=1S/C17H25N5O2/c1-14(12-21-8-10-24-11-9-21)19-17(23)18-6-5-15-13-22-7-3-2-4-16(22)20-15/h2-4,7,13-14H,5-6,8-12H2,1H3,(H2,18,19,23). The molecule has 24 heavy (non-hydrogen) atoms. The summed E-state index contributed by atoms with van der Waals surface area (Å²) in [7, 11) is 0. The first-order chi connectivity index (χ1) is 11.7. The molecule has 0 aromatic carbocycles. The molecule has 1 saturated heterocycles. The number of rotatable bonds is 6. The first kappa shape index (κ1) is 16.7. The zero-order valence-corrected chi connectivity index (χ0v) is 14.1. The molecule has 3 heterocycles. The monoisotopic (exact) mass is 331 g/mol. The smallest absolute Gasteiger partial charge is 0.315 e. The molecule has 7 heteroatoms. The van der Waals surface area contributed by atoms with Gasteiger partial charge in [0.05, 0.1) is 18.9 Å². The summed E-state index contributed by atoms with van der Waals surface area (Å²) < 4.78 is 7.32. The average Bonchev–Trinajstić information content (AvgIpc) is 2.98. The van der Waals surface area contributed by atoms with Crippen molar-refractivity contribution >= 4 is 11.7 Å². The normalized spacial score (nSPS) is 16.9. The van der Waals surface area contributed by atoms with Crippen LogP contribution in [0.4, 0.5) is 4.79 Å². The zero-order valence-electron chi connectivity index (χ0n) is 14.1. The highest BCUT2D eigenvalue weighted by Crippen LogP contribution is 2.04.